The van der Waals surface area contributed by atoms with Gasteiger partial charge in [0.15, 0.2) is 0 Å². The molecule has 20 heavy (non-hydrogen) atoms. The molecule has 1 N–H and O–H groups in total. The first-order valence-electron chi connectivity index (χ1n) is 6.47. The number of pyridine rings is 1. The second-order valence-electron chi connectivity index (χ2n) is 4.80. The highest BCUT2D eigenvalue weighted by Crippen LogP contribution is 2.20. The van der Waals surface area contributed by atoms with Crippen LogP contribution in [0.15, 0.2) is 36.5 Å². The monoisotopic (exact) mass is 271 g/mol. The maximum atomic E-state index is 10.9. The van der Waals surface area contributed by atoms with E-state index in [1.54, 1.807) is 12.3 Å². The minimum absolute atomic E-state index is 0.00734. The molecular formula is C15H17N3O2. The van der Waals surface area contributed by atoms with Crippen molar-refractivity contribution < 1.29 is 4.92 Å². The molecule has 5 nitrogen and oxygen atoms in total. The Hall–Kier alpha value is -2.43. The Morgan fingerprint density at radius 3 is 2.60 bits per heavy atom. The minimum atomic E-state index is -0.424. The average molecular weight is 271 g/mol. The standard InChI is InChI=1S/C15H17N3O2/c1-11-8-12(2)10-13(9-11)5-7-17-15-14(18(19)20)4-3-6-16-15/h3-4,6,8-10H,5,7H2,1-2H3,(H,16,17). The molecule has 1 heterocycles. The molecule has 0 aliphatic heterocycles. The highest BCUT2D eigenvalue weighted by atomic mass is 16.6. The first-order valence-corrected chi connectivity index (χ1v) is 6.47. The Morgan fingerprint density at radius 2 is 1.95 bits per heavy atom. The molecule has 0 fully saturated rings. The topological polar surface area (TPSA) is 68.1 Å². The summed E-state index contributed by atoms with van der Waals surface area (Å²) in [4.78, 5) is 14.5. The van der Waals surface area contributed by atoms with E-state index in [4.69, 9.17) is 0 Å². The predicted molar refractivity (Wildman–Crippen MR) is 79.0 cm³/mol. The molecule has 0 aliphatic carbocycles. The summed E-state index contributed by atoms with van der Waals surface area (Å²) in [7, 11) is 0. The van der Waals surface area contributed by atoms with Crippen LogP contribution in [0.2, 0.25) is 0 Å². The van der Waals surface area contributed by atoms with Crippen LogP contribution in [0.25, 0.3) is 0 Å². The van der Waals surface area contributed by atoms with E-state index in [1.165, 1.54) is 22.8 Å². The lowest BCUT2D eigenvalue weighted by Gasteiger charge is -2.07. The van der Waals surface area contributed by atoms with Crippen LogP contribution in [-0.2, 0) is 6.42 Å². The summed E-state index contributed by atoms with van der Waals surface area (Å²) in [6, 6.07) is 9.39. The van der Waals surface area contributed by atoms with Gasteiger partial charge in [0.1, 0.15) is 0 Å². The van der Waals surface area contributed by atoms with Crippen molar-refractivity contribution in [3.63, 3.8) is 0 Å². The summed E-state index contributed by atoms with van der Waals surface area (Å²) >= 11 is 0. The van der Waals surface area contributed by atoms with Crippen LogP contribution >= 0.6 is 0 Å². The number of rotatable bonds is 5. The highest BCUT2D eigenvalue weighted by Gasteiger charge is 2.13. The van der Waals surface area contributed by atoms with E-state index >= 15 is 0 Å². The first-order chi connectivity index (χ1) is 9.56. The van der Waals surface area contributed by atoms with Gasteiger partial charge in [-0.15, -0.1) is 0 Å². The normalized spacial score (nSPS) is 10.3. The van der Waals surface area contributed by atoms with E-state index in [-0.39, 0.29) is 5.69 Å². The molecule has 0 saturated heterocycles. The molecular weight excluding hydrogens is 254 g/mol. The number of hydrogen-bond donors (Lipinski definition) is 1. The molecule has 2 aromatic rings. The Morgan fingerprint density at radius 1 is 1.25 bits per heavy atom. The van der Waals surface area contributed by atoms with Gasteiger partial charge < -0.3 is 5.32 Å². The van der Waals surface area contributed by atoms with E-state index in [1.807, 2.05) is 0 Å². The van der Waals surface area contributed by atoms with Gasteiger partial charge in [-0.2, -0.15) is 0 Å². The Labute approximate surface area is 117 Å². The average Bonchev–Trinajstić information content (AvgIpc) is 2.38. The zero-order chi connectivity index (χ0) is 14.5. The number of benzene rings is 1. The summed E-state index contributed by atoms with van der Waals surface area (Å²) in [6.07, 6.45) is 2.35. The van der Waals surface area contributed by atoms with Crippen LogP contribution in [0.4, 0.5) is 11.5 Å². The van der Waals surface area contributed by atoms with Gasteiger partial charge in [0, 0.05) is 18.8 Å². The van der Waals surface area contributed by atoms with E-state index < -0.39 is 4.92 Å². The number of nitrogens with zero attached hydrogens (tertiary/aromatic N) is 2. The van der Waals surface area contributed by atoms with E-state index in [0.29, 0.717) is 12.4 Å². The minimum Gasteiger partial charge on any atom is -0.364 e. The quantitative estimate of drug-likeness (QED) is 0.669. The first kappa shape index (κ1) is 14.0. The molecule has 2 rings (SSSR count). The van der Waals surface area contributed by atoms with Crippen molar-refractivity contribution in [2.45, 2.75) is 20.3 Å². The van der Waals surface area contributed by atoms with Gasteiger partial charge in [0.05, 0.1) is 4.92 Å². The van der Waals surface area contributed by atoms with Gasteiger partial charge in [-0.3, -0.25) is 10.1 Å². The van der Waals surface area contributed by atoms with E-state index in [2.05, 4.69) is 42.3 Å². The second kappa shape index (κ2) is 6.14. The smallest absolute Gasteiger partial charge is 0.311 e. The molecule has 0 saturated carbocycles. The van der Waals surface area contributed by atoms with Gasteiger partial charge in [0.25, 0.3) is 0 Å². The lowest BCUT2D eigenvalue weighted by atomic mass is 10.1. The molecule has 0 atom stereocenters. The summed E-state index contributed by atoms with van der Waals surface area (Å²) in [5.41, 5.74) is 3.68. The van der Waals surface area contributed by atoms with Gasteiger partial charge in [-0.1, -0.05) is 29.3 Å². The Kier molecular flexibility index (Phi) is 4.30. The number of aromatic nitrogens is 1. The van der Waals surface area contributed by atoms with Crippen LogP contribution in [0.3, 0.4) is 0 Å². The highest BCUT2D eigenvalue weighted by molar-refractivity contribution is 5.55. The molecule has 0 bridgehead atoms. The second-order valence-corrected chi connectivity index (χ2v) is 4.80. The maximum Gasteiger partial charge on any atom is 0.311 e. The number of hydrogen-bond acceptors (Lipinski definition) is 4. The number of aryl methyl sites for hydroxylation is 2. The third kappa shape index (κ3) is 3.54. The molecule has 0 spiro atoms. The Bertz CT molecular complexity index is 606. The van der Waals surface area contributed by atoms with E-state index in [0.717, 1.165) is 6.42 Å². The van der Waals surface area contributed by atoms with E-state index in [9.17, 15) is 10.1 Å². The summed E-state index contributed by atoms with van der Waals surface area (Å²) in [5.74, 6) is 0.321. The zero-order valence-electron chi connectivity index (χ0n) is 11.6. The molecule has 5 heteroatoms. The van der Waals surface area contributed by atoms with Crippen molar-refractivity contribution in [3.05, 3.63) is 63.3 Å². The molecule has 0 radical (unpaired) electrons. The van der Waals surface area contributed by atoms with Gasteiger partial charge in [0.2, 0.25) is 5.82 Å². The van der Waals surface area contributed by atoms with Crippen molar-refractivity contribution in [1.82, 2.24) is 4.98 Å². The van der Waals surface area contributed by atoms with Crippen LogP contribution in [0, 0.1) is 24.0 Å². The van der Waals surface area contributed by atoms with Crippen molar-refractivity contribution in [2.24, 2.45) is 0 Å². The molecule has 1 aromatic carbocycles. The SMILES string of the molecule is Cc1cc(C)cc(CCNc2ncccc2[N+](=O)[O-])c1. The summed E-state index contributed by atoms with van der Waals surface area (Å²) in [6.45, 7) is 4.74. The van der Waals surface area contributed by atoms with Crippen LogP contribution in [0.5, 0.6) is 0 Å². The lowest BCUT2D eigenvalue weighted by molar-refractivity contribution is -0.384. The van der Waals surface area contributed by atoms with Crippen LogP contribution < -0.4 is 5.32 Å². The molecule has 1 aromatic heterocycles. The van der Waals surface area contributed by atoms with Crippen LogP contribution in [0.1, 0.15) is 16.7 Å². The molecule has 0 unspecified atom stereocenters. The van der Waals surface area contributed by atoms with Crippen molar-refractivity contribution in [2.75, 3.05) is 11.9 Å². The lowest BCUT2D eigenvalue weighted by Crippen LogP contribution is -2.08. The van der Waals surface area contributed by atoms with Gasteiger partial charge in [-0.05, 0) is 31.9 Å². The molecule has 0 amide bonds. The maximum absolute atomic E-state index is 10.9. The van der Waals surface area contributed by atoms with Gasteiger partial charge in [-0.25, -0.2) is 4.98 Å². The summed E-state index contributed by atoms with van der Waals surface area (Å²) in [5, 5.41) is 13.9. The third-order valence-corrected chi connectivity index (χ3v) is 2.97. The number of anilines is 1. The number of nitrogens with one attached hydrogen (secondary N) is 1. The number of nitro groups is 1. The zero-order valence-corrected chi connectivity index (χ0v) is 11.6. The van der Waals surface area contributed by atoms with Gasteiger partial charge >= 0.3 is 5.69 Å². The third-order valence-electron chi connectivity index (χ3n) is 2.97. The molecule has 104 valence electrons. The summed E-state index contributed by atoms with van der Waals surface area (Å²) < 4.78 is 0. The largest absolute Gasteiger partial charge is 0.364 e. The fourth-order valence-corrected chi connectivity index (χ4v) is 2.22. The van der Waals surface area contributed by atoms with Crippen LogP contribution in [-0.4, -0.2) is 16.5 Å². The Balaban J connectivity index is 2.01. The van der Waals surface area contributed by atoms with Crippen molar-refractivity contribution in [3.8, 4) is 0 Å². The van der Waals surface area contributed by atoms with Crippen molar-refractivity contribution >= 4 is 11.5 Å². The predicted octanol–water partition coefficient (Wildman–Crippen LogP) is 3.26. The fourth-order valence-electron chi connectivity index (χ4n) is 2.22. The fraction of sp³-hybridized carbons (Fsp3) is 0.267. The van der Waals surface area contributed by atoms with Crippen molar-refractivity contribution in [1.29, 1.82) is 0 Å². The molecule has 0 aliphatic rings.